The largest absolute Gasteiger partial charge is 0.382 e. The summed E-state index contributed by atoms with van der Waals surface area (Å²) in [5, 5.41) is 4.22. The van der Waals surface area contributed by atoms with Crippen LogP contribution < -0.4 is 5.73 Å². The van der Waals surface area contributed by atoms with Gasteiger partial charge in [0, 0.05) is 18.3 Å². The lowest BCUT2D eigenvalue weighted by molar-refractivity contribution is 0.471. The molecular weight excluding hydrogens is 150 g/mol. The Kier molecular flexibility index (Phi) is 2.74. The number of nitrogens with two attached hydrogens (primary N) is 1. The van der Waals surface area contributed by atoms with Gasteiger partial charge < -0.3 is 5.73 Å². The van der Waals surface area contributed by atoms with E-state index in [1.165, 1.54) is 5.69 Å². The molecule has 0 unspecified atom stereocenters. The maximum atomic E-state index is 5.60. The van der Waals surface area contributed by atoms with Crippen molar-refractivity contribution >= 4 is 5.82 Å². The van der Waals surface area contributed by atoms with Gasteiger partial charge in [-0.1, -0.05) is 20.8 Å². The Morgan fingerprint density at radius 3 is 2.75 bits per heavy atom. The molecule has 3 heteroatoms. The monoisotopic (exact) mass is 167 g/mol. The van der Waals surface area contributed by atoms with Crippen molar-refractivity contribution in [2.24, 2.45) is 5.92 Å². The Balaban J connectivity index is 2.81. The first-order chi connectivity index (χ1) is 5.63. The molecule has 0 radical (unpaired) electrons. The molecule has 0 aromatic carbocycles. The van der Waals surface area contributed by atoms with Gasteiger partial charge in [-0.25, -0.2) is 0 Å². The molecule has 2 N–H and O–H groups in total. The van der Waals surface area contributed by atoms with E-state index < -0.39 is 0 Å². The maximum Gasteiger partial charge on any atom is 0.145 e. The molecule has 68 valence electrons. The minimum Gasteiger partial charge on any atom is -0.382 e. The molecule has 1 aromatic heterocycles. The van der Waals surface area contributed by atoms with Crippen molar-refractivity contribution < 1.29 is 0 Å². The molecule has 0 aliphatic heterocycles. The molecule has 1 rings (SSSR count). The van der Waals surface area contributed by atoms with Crippen LogP contribution in [-0.2, 0) is 13.0 Å². The molecule has 0 atom stereocenters. The summed E-state index contributed by atoms with van der Waals surface area (Å²) in [6.45, 7) is 7.43. The second-order valence-corrected chi connectivity index (χ2v) is 3.49. The highest BCUT2D eigenvalue weighted by atomic mass is 15.3. The third-order valence-corrected chi connectivity index (χ3v) is 1.78. The van der Waals surface area contributed by atoms with Crippen molar-refractivity contribution in [2.45, 2.75) is 33.7 Å². The lowest BCUT2D eigenvalue weighted by atomic mass is 10.2. The zero-order valence-corrected chi connectivity index (χ0v) is 8.04. The zero-order valence-electron chi connectivity index (χ0n) is 8.04. The molecule has 0 spiro atoms. The standard InChI is InChI=1S/C9H17N3/c1-4-8-5-9(10)11-12(8)6-7(2)3/h5,7H,4,6H2,1-3H3,(H2,10,11). The third kappa shape index (κ3) is 2.00. The van der Waals surface area contributed by atoms with Crippen molar-refractivity contribution in [1.29, 1.82) is 0 Å². The van der Waals surface area contributed by atoms with Gasteiger partial charge in [0.1, 0.15) is 5.82 Å². The summed E-state index contributed by atoms with van der Waals surface area (Å²) in [5.41, 5.74) is 6.82. The Bertz CT molecular complexity index is 250. The molecule has 0 saturated heterocycles. The fraction of sp³-hybridized carbons (Fsp3) is 0.667. The number of anilines is 1. The molecule has 0 aliphatic carbocycles. The van der Waals surface area contributed by atoms with E-state index in [2.05, 4.69) is 25.9 Å². The van der Waals surface area contributed by atoms with Crippen LogP contribution in [0.3, 0.4) is 0 Å². The van der Waals surface area contributed by atoms with Crippen LogP contribution >= 0.6 is 0 Å². The predicted molar refractivity (Wildman–Crippen MR) is 50.9 cm³/mol. The molecule has 0 fully saturated rings. The average Bonchev–Trinajstić information content (AvgIpc) is 2.29. The number of aromatic nitrogens is 2. The minimum atomic E-state index is 0.620. The van der Waals surface area contributed by atoms with Gasteiger partial charge in [0.2, 0.25) is 0 Å². The first-order valence-electron chi connectivity index (χ1n) is 4.45. The summed E-state index contributed by atoms with van der Waals surface area (Å²) >= 11 is 0. The van der Waals surface area contributed by atoms with Gasteiger partial charge in [-0.15, -0.1) is 0 Å². The van der Waals surface area contributed by atoms with E-state index in [9.17, 15) is 0 Å². The molecular formula is C9H17N3. The molecule has 1 heterocycles. The first-order valence-corrected chi connectivity index (χ1v) is 4.45. The lowest BCUT2D eigenvalue weighted by Crippen LogP contribution is -2.09. The summed E-state index contributed by atoms with van der Waals surface area (Å²) in [6.07, 6.45) is 0.997. The van der Waals surface area contributed by atoms with Crippen LogP contribution in [0, 0.1) is 5.92 Å². The van der Waals surface area contributed by atoms with Crippen molar-refractivity contribution in [3.05, 3.63) is 11.8 Å². The van der Waals surface area contributed by atoms with Gasteiger partial charge in [-0.2, -0.15) is 5.10 Å². The summed E-state index contributed by atoms with van der Waals surface area (Å²) in [6, 6.07) is 1.95. The van der Waals surface area contributed by atoms with Crippen LogP contribution in [0.15, 0.2) is 6.07 Å². The van der Waals surface area contributed by atoms with Crippen molar-refractivity contribution in [3.63, 3.8) is 0 Å². The lowest BCUT2D eigenvalue weighted by Gasteiger charge is -2.07. The maximum absolute atomic E-state index is 5.60. The highest BCUT2D eigenvalue weighted by Gasteiger charge is 2.04. The van der Waals surface area contributed by atoms with Gasteiger partial charge in [-0.3, -0.25) is 4.68 Å². The van der Waals surface area contributed by atoms with Crippen LogP contribution in [0.2, 0.25) is 0 Å². The third-order valence-electron chi connectivity index (χ3n) is 1.78. The van der Waals surface area contributed by atoms with Crippen LogP contribution in [0.1, 0.15) is 26.5 Å². The van der Waals surface area contributed by atoms with Crippen molar-refractivity contribution in [3.8, 4) is 0 Å². The number of nitrogens with zero attached hydrogens (tertiary/aromatic N) is 2. The van der Waals surface area contributed by atoms with E-state index in [1.54, 1.807) is 0 Å². The second-order valence-electron chi connectivity index (χ2n) is 3.49. The molecule has 0 saturated carbocycles. The van der Waals surface area contributed by atoms with Crippen LogP contribution in [0.5, 0.6) is 0 Å². The molecule has 0 bridgehead atoms. The summed E-state index contributed by atoms with van der Waals surface area (Å²) in [5.74, 6) is 1.25. The quantitative estimate of drug-likeness (QED) is 0.744. The Hall–Kier alpha value is -0.990. The number of rotatable bonds is 3. The molecule has 3 nitrogen and oxygen atoms in total. The normalized spacial score (nSPS) is 11.0. The molecule has 12 heavy (non-hydrogen) atoms. The van der Waals surface area contributed by atoms with E-state index in [0.717, 1.165) is 13.0 Å². The summed E-state index contributed by atoms with van der Waals surface area (Å²) in [7, 11) is 0. The van der Waals surface area contributed by atoms with Crippen LogP contribution in [0.25, 0.3) is 0 Å². The fourth-order valence-electron chi connectivity index (χ4n) is 1.27. The highest BCUT2D eigenvalue weighted by molar-refractivity contribution is 5.29. The summed E-state index contributed by atoms with van der Waals surface area (Å²) in [4.78, 5) is 0. The molecule has 0 aliphatic rings. The zero-order chi connectivity index (χ0) is 9.14. The first kappa shape index (κ1) is 9.10. The van der Waals surface area contributed by atoms with Gasteiger partial charge >= 0.3 is 0 Å². The van der Waals surface area contributed by atoms with E-state index >= 15 is 0 Å². The van der Waals surface area contributed by atoms with Gasteiger partial charge in [0.05, 0.1) is 0 Å². The van der Waals surface area contributed by atoms with E-state index in [-0.39, 0.29) is 0 Å². The van der Waals surface area contributed by atoms with E-state index in [1.807, 2.05) is 10.7 Å². The fourth-order valence-corrected chi connectivity index (χ4v) is 1.27. The Morgan fingerprint density at radius 2 is 2.25 bits per heavy atom. The SMILES string of the molecule is CCc1cc(N)nn1CC(C)C. The van der Waals surface area contributed by atoms with E-state index in [4.69, 9.17) is 5.73 Å². The predicted octanol–water partition coefficient (Wildman–Crippen LogP) is 1.68. The van der Waals surface area contributed by atoms with Gasteiger partial charge in [0.15, 0.2) is 0 Å². The van der Waals surface area contributed by atoms with Crippen LogP contribution in [-0.4, -0.2) is 9.78 Å². The van der Waals surface area contributed by atoms with Crippen molar-refractivity contribution in [2.75, 3.05) is 5.73 Å². The Morgan fingerprint density at radius 1 is 1.58 bits per heavy atom. The average molecular weight is 167 g/mol. The van der Waals surface area contributed by atoms with E-state index in [0.29, 0.717) is 11.7 Å². The highest BCUT2D eigenvalue weighted by Crippen LogP contribution is 2.09. The van der Waals surface area contributed by atoms with Gasteiger partial charge in [0.25, 0.3) is 0 Å². The van der Waals surface area contributed by atoms with Crippen LogP contribution in [0.4, 0.5) is 5.82 Å². The molecule has 1 aromatic rings. The number of hydrogen-bond donors (Lipinski definition) is 1. The Labute approximate surface area is 73.6 Å². The minimum absolute atomic E-state index is 0.620. The van der Waals surface area contributed by atoms with Gasteiger partial charge in [-0.05, 0) is 12.3 Å². The number of nitrogen functional groups attached to an aromatic ring is 1. The smallest absolute Gasteiger partial charge is 0.145 e. The van der Waals surface area contributed by atoms with Crippen molar-refractivity contribution in [1.82, 2.24) is 9.78 Å². The summed E-state index contributed by atoms with van der Waals surface area (Å²) < 4.78 is 2.00. The second kappa shape index (κ2) is 3.61. The molecule has 0 amide bonds. The number of aryl methyl sites for hydroxylation is 1. The number of hydrogen-bond acceptors (Lipinski definition) is 2. The topological polar surface area (TPSA) is 43.8 Å².